The summed E-state index contributed by atoms with van der Waals surface area (Å²) in [6.45, 7) is 2.85. The number of carbonyl (C=O) groups is 1. The van der Waals surface area contributed by atoms with Crippen LogP contribution in [0.2, 0.25) is 0 Å². The van der Waals surface area contributed by atoms with Gasteiger partial charge in [0.25, 0.3) is 0 Å². The van der Waals surface area contributed by atoms with Crippen LogP contribution in [-0.2, 0) is 9.53 Å². The van der Waals surface area contributed by atoms with Crippen molar-refractivity contribution in [2.45, 2.75) is 69.5 Å². The zero-order valence-electron chi connectivity index (χ0n) is 12.5. The van der Waals surface area contributed by atoms with Crippen molar-refractivity contribution in [3.63, 3.8) is 0 Å². The van der Waals surface area contributed by atoms with Gasteiger partial charge in [-0.15, -0.1) is 0 Å². The fourth-order valence-corrected chi connectivity index (χ4v) is 4.01. The summed E-state index contributed by atoms with van der Waals surface area (Å²) < 4.78 is 6.27. The Morgan fingerprint density at radius 2 is 1.85 bits per heavy atom. The number of rotatable bonds is 3. The molecule has 2 saturated heterocycles. The third-order valence-electron chi connectivity index (χ3n) is 5.33. The van der Waals surface area contributed by atoms with E-state index in [1.54, 1.807) is 0 Å². The van der Waals surface area contributed by atoms with Crippen LogP contribution in [-0.4, -0.2) is 37.2 Å². The minimum Gasteiger partial charge on any atom is -0.370 e. The topological polar surface area (TPSA) is 50.4 Å². The minimum absolute atomic E-state index is 0.117. The molecule has 3 rings (SSSR count). The number of hydrogen-bond donors (Lipinski definition) is 2. The average Bonchev–Trinajstić information content (AvgIpc) is 2.89. The second-order valence-corrected chi connectivity index (χ2v) is 6.79. The summed E-state index contributed by atoms with van der Waals surface area (Å²) in [4.78, 5) is 12.1. The van der Waals surface area contributed by atoms with Crippen molar-refractivity contribution in [3.05, 3.63) is 0 Å². The lowest BCUT2D eigenvalue weighted by molar-refractivity contribution is -0.127. The SMILES string of the molecule is O=C(NCC1CCC2(CCNCC2)O1)C1CCCCC1. The first kappa shape index (κ1) is 14.3. The van der Waals surface area contributed by atoms with Crippen molar-refractivity contribution in [1.82, 2.24) is 10.6 Å². The Hall–Kier alpha value is -0.610. The van der Waals surface area contributed by atoms with Crippen LogP contribution in [0, 0.1) is 5.92 Å². The Morgan fingerprint density at radius 3 is 2.60 bits per heavy atom. The van der Waals surface area contributed by atoms with E-state index in [2.05, 4.69) is 10.6 Å². The van der Waals surface area contributed by atoms with Crippen LogP contribution in [0.4, 0.5) is 0 Å². The predicted molar refractivity (Wildman–Crippen MR) is 78.5 cm³/mol. The number of hydrogen-bond acceptors (Lipinski definition) is 3. The molecule has 0 aromatic carbocycles. The zero-order valence-corrected chi connectivity index (χ0v) is 12.5. The number of piperidine rings is 1. The second-order valence-electron chi connectivity index (χ2n) is 6.79. The molecule has 0 aromatic rings. The number of nitrogens with one attached hydrogen (secondary N) is 2. The highest BCUT2D eigenvalue weighted by molar-refractivity contribution is 5.78. The van der Waals surface area contributed by atoms with Crippen molar-refractivity contribution in [2.75, 3.05) is 19.6 Å². The predicted octanol–water partition coefficient (Wildman–Crippen LogP) is 1.98. The first-order chi connectivity index (χ1) is 9.77. The molecule has 1 saturated carbocycles. The number of carbonyl (C=O) groups excluding carboxylic acids is 1. The van der Waals surface area contributed by atoms with Crippen LogP contribution in [0.3, 0.4) is 0 Å². The first-order valence-electron chi connectivity index (χ1n) is 8.44. The molecule has 3 fully saturated rings. The van der Waals surface area contributed by atoms with E-state index >= 15 is 0 Å². The van der Waals surface area contributed by atoms with Gasteiger partial charge in [-0.05, 0) is 51.6 Å². The first-order valence-corrected chi connectivity index (χ1v) is 8.44. The summed E-state index contributed by atoms with van der Waals surface area (Å²) >= 11 is 0. The van der Waals surface area contributed by atoms with Gasteiger partial charge in [-0.25, -0.2) is 0 Å². The Bertz CT molecular complexity index is 333. The fraction of sp³-hybridized carbons (Fsp3) is 0.938. The van der Waals surface area contributed by atoms with E-state index in [1.807, 2.05) is 0 Å². The summed E-state index contributed by atoms with van der Waals surface area (Å²) in [5.74, 6) is 0.526. The summed E-state index contributed by atoms with van der Waals surface area (Å²) in [5, 5.41) is 6.53. The summed E-state index contributed by atoms with van der Waals surface area (Å²) in [6.07, 6.45) is 10.6. The van der Waals surface area contributed by atoms with E-state index in [9.17, 15) is 4.79 Å². The summed E-state index contributed by atoms with van der Waals surface area (Å²) in [7, 11) is 0. The van der Waals surface area contributed by atoms with Gasteiger partial charge in [0, 0.05) is 12.5 Å². The molecule has 20 heavy (non-hydrogen) atoms. The fourth-order valence-electron chi connectivity index (χ4n) is 4.01. The van der Waals surface area contributed by atoms with Crippen LogP contribution in [0.1, 0.15) is 57.8 Å². The largest absolute Gasteiger partial charge is 0.370 e. The molecule has 1 spiro atoms. The van der Waals surface area contributed by atoms with Gasteiger partial charge in [0.05, 0.1) is 11.7 Å². The molecule has 1 amide bonds. The normalized spacial score (nSPS) is 30.5. The Kier molecular flexibility index (Phi) is 4.61. The maximum absolute atomic E-state index is 12.1. The lowest BCUT2D eigenvalue weighted by Gasteiger charge is -2.34. The lowest BCUT2D eigenvalue weighted by Crippen LogP contribution is -2.43. The Balaban J connectivity index is 1.41. The highest BCUT2D eigenvalue weighted by atomic mass is 16.5. The van der Waals surface area contributed by atoms with Gasteiger partial charge >= 0.3 is 0 Å². The van der Waals surface area contributed by atoms with Crippen LogP contribution in [0.15, 0.2) is 0 Å². The van der Waals surface area contributed by atoms with Crippen molar-refractivity contribution >= 4 is 5.91 Å². The third kappa shape index (κ3) is 3.34. The highest BCUT2D eigenvalue weighted by Gasteiger charge is 2.40. The second kappa shape index (κ2) is 6.44. The minimum atomic E-state index is 0.117. The van der Waals surface area contributed by atoms with Crippen molar-refractivity contribution in [2.24, 2.45) is 5.92 Å². The molecule has 0 aromatic heterocycles. The smallest absolute Gasteiger partial charge is 0.223 e. The average molecular weight is 280 g/mol. The Morgan fingerprint density at radius 1 is 1.10 bits per heavy atom. The van der Waals surface area contributed by atoms with E-state index < -0.39 is 0 Å². The van der Waals surface area contributed by atoms with Crippen molar-refractivity contribution < 1.29 is 9.53 Å². The maximum Gasteiger partial charge on any atom is 0.223 e. The van der Waals surface area contributed by atoms with E-state index in [-0.39, 0.29) is 23.5 Å². The van der Waals surface area contributed by atoms with Crippen LogP contribution < -0.4 is 10.6 Å². The van der Waals surface area contributed by atoms with Gasteiger partial charge in [-0.3, -0.25) is 4.79 Å². The summed E-state index contributed by atoms with van der Waals surface area (Å²) in [5.41, 5.74) is 0.117. The van der Waals surface area contributed by atoms with Crippen molar-refractivity contribution in [3.8, 4) is 0 Å². The monoisotopic (exact) mass is 280 g/mol. The quantitative estimate of drug-likeness (QED) is 0.831. The zero-order chi connectivity index (χ0) is 13.8. The molecule has 2 aliphatic heterocycles. The molecule has 0 radical (unpaired) electrons. The maximum atomic E-state index is 12.1. The van der Waals surface area contributed by atoms with Crippen LogP contribution in [0.25, 0.3) is 0 Å². The van der Waals surface area contributed by atoms with Gasteiger partial charge in [0.1, 0.15) is 0 Å². The van der Waals surface area contributed by atoms with Crippen molar-refractivity contribution in [1.29, 1.82) is 0 Å². The molecule has 1 unspecified atom stereocenters. The number of ether oxygens (including phenoxy) is 1. The molecule has 2 N–H and O–H groups in total. The molecule has 2 heterocycles. The lowest BCUT2D eigenvalue weighted by atomic mass is 9.88. The molecular weight excluding hydrogens is 252 g/mol. The van der Waals surface area contributed by atoms with Gasteiger partial charge in [-0.1, -0.05) is 19.3 Å². The molecule has 1 atom stereocenters. The molecule has 1 aliphatic carbocycles. The number of amides is 1. The van der Waals surface area contributed by atoms with Gasteiger partial charge in [0.2, 0.25) is 5.91 Å². The van der Waals surface area contributed by atoms with E-state index in [1.165, 1.54) is 25.7 Å². The van der Waals surface area contributed by atoms with Gasteiger partial charge < -0.3 is 15.4 Å². The molecule has 3 aliphatic rings. The van der Waals surface area contributed by atoms with E-state index in [0.29, 0.717) is 6.54 Å². The molecule has 114 valence electrons. The Labute approximate surface area is 122 Å². The molecule has 4 heteroatoms. The van der Waals surface area contributed by atoms with E-state index in [0.717, 1.165) is 45.2 Å². The van der Waals surface area contributed by atoms with E-state index in [4.69, 9.17) is 4.74 Å². The van der Waals surface area contributed by atoms with Crippen LogP contribution in [0.5, 0.6) is 0 Å². The molecular formula is C16H28N2O2. The van der Waals surface area contributed by atoms with Crippen LogP contribution >= 0.6 is 0 Å². The standard InChI is InChI=1S/C16H28N2O2/c19-15(13-4-2-1-3-5-13)18-12-14-6-7-16(20-14)8-10-17-11-9-16/h13-14,17H,1-12H2,(H,18,19). The highest BCUT2D eigenvalue weighted by Crippen LogP contribution is 2.37. The third-order valence-corrected chi connectivity index (χ3v) is 5.33. The van der Waals surface area contributed by atoms with Gasteiger partial charge in [0.15, 0.2) is 0 Å². The summed E-state index contributed by atoms with van der Waals surface area (Å²) in [6, 6.07) is 0. The van der Waals surface area contributed by atoms with Gasteiger partial charge in [-0.2, -0.15) is 0 Å². The molecule has 4 nitrogen and oxygen atoms in total. The molecule has 0 bridgehead atoms.